The molecule has 1 unspecified atom stereocenters. The fraction of sp³-hybridized carbons (Fsp3) is 0.667. The van der Waals surface area contributed by atoms with Gasteiger partial charge >= 0.3 is 0 Å². The molecule has 4 nitrogen and oxygen atoms in total. The number of ether oxygens (including phenoxy) is 1. The van der Waals surface area contributed by atoms with Crippen molar-refractivity contribution in [2.45, 2.75) is 25.9 Å². The zero-order chi connectivity index (χ0) is 9.26. The van der Waals surface area contributed by atoms with E-state index in [1.54, 1.807) is 0 Å². The van der Waals surface area contributed by atoms with E-state index in [2.05, 4.69) is 11.3 Å². The molecule has 0 aromatic carbocycles. The molecule has 1 saturated heterocycles. The Morgan fingerprint density at radius 2 is 2.62 bits per heavy atom. The molecule has 0 bridgehead atoms. The first-order valence-electron chi connectivity index (χ1n) is 4.63. The molecular formula is C9H15N3O. The average molecular weight is 181 g/mol. The average Bonchev–Trinajstić information content (AvgIpc) is 2.71. The zero-order valence-electron chi connectivity index (χ0n) is 7.86. The van der Waals surface area contributed by atoms with Gasteiger partial charge in [-0.2, -0.15) is 5.10 Å². The predicted molar refractivity (Wildman–Crippen MR) is 49.3 cm³/mol. The molecule has 0 radical (unpaired) electrons. The summed E-state index contributed by atoms with van der Waals surface area (Å²) < 4.78 is 7.29. The van der Waals surface area contributed by atoms with E-state index < -0.39 is 0 Å². The molecule has 1 aromatic heterocycles. The van der Waals surface area contributed by atoms with Crippen LogP contribution in [0.3, 0.4) is 0 Å². The second-order valence-corrected chi connectivity index (χ2v) is 3.46. The molecule has 0 amide bonds. The van der Waals surface area contributed by atoms with Crippen molar-refractivity contribution in [2.75, 3.05) is 13.2 Å². The molecule has 2 rings (SSSR count). The minimum Gasteiger partial charge on any atom is -0.379 e. The summed E-state index contributed by atoms with van der Waals surface area (Å²) in [6, 6.07) is 0.416. The van der Waals surface area contributed by atoms with Crippen LogP contribution in [0.2, 0.25) is 0 Å². The summed E-state index contributed by atoms with van der Waals surface area (Å²) in [6.07, 6.45) is 3.12. The van der Waals surface area contributed by atoms with Crippen molar-refractivity contribution < 1.29 is 4.74 Å². The third kappa shape index (κ3) is 1.59. The number of rotatable bonds is 2. The van der Waals surface area contributed by atoms with Crippen molar-refractivity contribution in [1.29, 1.82) is 0 Å². The Labute approximate surface area is 77.7 Å². The Balaban J connectivity index is 2.20. The van der Waals surface area contributed by atoms with Gasteiger partial charge in [-0.3, -0.25) is 4.68 Å². The normalized spacial score (nSPS) is 22.5. The summed E-state index contributed by atoms with van der Waals surface area (Å²) in [5.74, 6) is 0. The summed E-state index contributed by atoms with van der Waals surface area (Å²) in [4.78, 5) is 0. The van der Waals surface area contributed by atoms with Gasteiger partial charge in [0.15, 0.2) is 0 Å². The van der Waals surface area contributed by atoms with Gasteiger partial charge in [-0.15, -0.1) is 0 Å². The van der Waals surface area contributed by atoms with Crippen LogP contribution in [0.25, 0.3) is 0 Å². The lowest BCUT2D eigenvalue weighted by molar-refractivity contribution is 0.184. The zero-order valence-corrected chi connectivity index (χ0v) is 7.86. The van der Waals surface area contributed by atoms with Crippen LogP contribution in [-0.4, -0.2) is 23.0 Å². The highest BCUT2D eigenvalue weighted by Gasteiger charge is 2.18. The summed E-state index contributed by atoms with van der Waals surface area (Å²) in [7, 11) is 0. The van der Waals surface area contributed by atoms with Gasteiger partial charge in [0.1, 0.15) is 0 Å². The van der Waals surface area contributed by atoms with E-state index >= 15 is 0 Å². The van der Waals surface area contributed by atoms with E-state index in [9.17, 15) is 0 Å². The Morgan fingerprint density at radius 1 is 1.77 bits per heavy atom. The molecule has 1 aliphatic rings. The summed E-state index contributed by atoms with van der Waals surface area (Å²) >= 11 is 0. The molecule has 1 aliphatic heterocycles. The third-order valence-corrected chi connectivity index (χ3v) is 2.49. The van der Waals surface area contributed by atoms with Crippen molar-refractivity contribution in [3.63, 3.8) is 0 Å². The highest BCUT2D eigenvalue weighted by atomic mass is 16.5. The SMILES string of the molecule is Cc1cn(C2CCOC2)nc1CN. The van der Waals surface area contributed by atoms with Crippen LogP contribution in [-0.2, 0) is 11.3 Å². The van der Waals surface area contributed by atoms with Crippen LogP contribution in [0.1, 0.15) is 23.7 Å². The third-order valence-electron chi connectivity index (χ3n) is 2.49. The fourth-order valence-electron chi connectivity index (χ4n) is 1.64. The lowest BCUT2D eigenvalue weighted by Crippen LogP contribution is -2.10. The molecule has 0 aliphatic carbocycles. The van der Waals surface area contributed by atoms with Gasteiger partial charge in [-0.05, 0) is 18.9 Å². The smallest absolute Gasteiger partial charge is 0.0789 e. The summed E-state index contributed by atoms with van der Waals surface area (Å²) in [5.41, 5.74) is 7.72. The second-order valence-electron chi connectivity index (χ2n) is 3.46. The minimum atomic E-state index is 0.416. The molecule has 4 heteroatoms. The first-order chi connectivity index (χ1) is 6.31. The number of aromatic nitrogens is 2. The van der Waals surface area contributed by atoms with Crippen LogP contribution in [0.15, 0.2) is 6.20 Å². The van der Waals surface area contributed by atoms with E-state index in [4.69, 9.17) is 10.5 Å². The Bertz CT molecular complexity index is 289. The summed E-state index contributed by atoms with van der Waals surface area (Å²) in [5, 5.41) is 4.42. The minimum absolute atomic E-state index is 0.416. The van der Waals surface area contributed by atoms with Gasteiger partial charge < -0.3 is 10.5 Å². The maximum Gasteiger partial charge on any atom is 0.0789 e. The van der Waals surface area contributed by atoms with Crippen LogP contribution >= 0.6 is 0 Å². The molecule has 2 N–H and O–H groups in total. The summed E-state index contributed by atoms with van der Waals surface area (Å²) in [6.45, 7) is 4.20. The molecular weight excluding hydrogens is 166 g/mol. The first-order valence-corrected chi connectivity index (χ1v) is 4.63. The van der Waals surface area contributed by atoms with Gasteiger partial charge in [-0.25, -0.2) is 0 Å². The van der Waals surface area contributed by atoms with Crippen molar-refractivity contribution in [1.82, 2.24) is 9.78 Å². The molecule has 13 heavy (non-hydrogen) atoms. The van der Waals surface area contributed by atoms with Crippen LogP contribution in [0, 0.1) is 6.92 Å². The Morgan fingerprint density at radius 3 is 3.15 bits per heavy atom. The largest absolute Gasteiger partial charge is 0.379 e. The number of nitrogens with zero attached hydrogens (tertiary/aromatic N) is 2. The second kappa shape index (κ2) is 3.47. The van der Waals surface area contributed by atoms with Crippen LogP contribution < -0.4 is 5.73 Å². The number of hydrogen-bond acceptors (Lipinski definition) is 3. The molecule has 0 saturated carbocycles. The molecule has 2 heterocycles. The molecule has 1 fully saturated rings. The van der Waals surface area contributed by atoms with Crippen LogP contribution in [0.5, 0.6) is 0 Å². The van der Waals surface area contributed by atoms with Gasteiger partial charge in [0, 0.05) is 19.3 Å². The fourth-order valence-corrected chi connectivity index (χ4v) is 1.64. The van der Waals surface area contributed by atoms with Crippen molar-refractivity contribution >= 4 is 0 Å². The predicted octanol–water partition coefficient (Wildman–Crippen LogP) is 0.612. The van der Waals surface area contributed by atoms with Gasteiger partial charge in [-0.1, -0.05) is 0 Å². The number of aryl methyl sites for hydroxylation is 1. The van der Waals surface area contributed by atoms with E-state index in [0.29, 0.717) is 12.6 Å². The van der Waals surface area contributed by atoms with Gasteiger partial charge in [0.05, 0.1) is 18.3 Å². The van der Waals surface area contributed by atoms with E-state index in [1.807, 2.05) is 11.6 Å². The lowest BCUT2D eigenvalue weighted by Gasteiger charge is -2.06. The lowest BCUT2D eigenvalue weighted by atomic mass is 10.2. The maximum absolute atomic E-state index is 5.56. The Kier molecular flexibility index (Phi) is 2.33. The highest BCUT2D eigenvalue weighted by Crippen LogP contribution is 2.19. The van der Waals surface area contributed by atoms with E-state index in [0.717, 1.165) is 25.3 Å². The van der Waals surface area contributed by atoms with Gasteiger partial charge in [0.25, 0.3) is 0 Å². The van der Waals surface area contributed by atoms with Crippen molar-refractivity contribution in [2.24, 2.45) is 5.73 Å². The molecule has 1 atom stereocenters. The highest BCUT2D eigenvalue weighted by molar-refractivity contribution is 5.14. The standard InChI is InChI=1S/C9H15N3O/c1-7-5-12(11-9(7)4-10)8-2-3-13-6-8/h5,8H,2-4,6,10H2,1H3. The topological polar surface area (TPSA) is 53.1 Å². The number of nitrogens with two attached hydrogens (primary N) is 1. The van der Waals surface area contributed by atoms with E-state index in [-0.39, 0.29) is 0 Å². The van der Waals surface area contributed by atoms with Gasteiger partial charge in [0.2, 0.25) is 0 Å². The molecule has 0 spiro atoms. The maximum atomic E-state index is 5.56. The van der Waals surface area contributed by atoms with Crippen molar-refractivity contribution in [3.05, 3.63) is 17.5 Å². The quantitative estimate of drug-likeness (QED) is 0.727. The Hall–Kier alpha value is -0.870. The molecule has 1 aromatic rings. The monoisotopic (exact) mass is 181 g/mol. The first kappa shape index (κ1) is 8.72. The van der Waals surface area contributed by atoms with Crippen molar-refractivity contribution in [3.8, 4) is 0 Å². The van der Waals surface area contributed by atoms with Crippen LogP contribution in [0.4, 0.5) is 0 Å². The number of hydrogen-bond donors (Lipinski definition) is 1. The molecule has 72 valence electrons. The van der Waals surface area contributed by atoms with E-state index in [1.165, 1.54) is 5.56 Å².